The molecule has 0 N–H and O–H groups in total. The number of hydrogen-bond donors (Lipinski definition) is 0. The molecule has 2 aromatic rings. The maximum atomic E-state index is 5.69. The molecule has 6 heteroatoms. The van der Waals surface area contributed by atoms with Crippen molar-refractivity contribution >= 4 is 11.6 Å². The van der Waals surface area contributed by atoms with E-state index in [9.17, 15) is 0 Å². The summed E-state index contributed by atoms with van der Waals surface area (Å²) in [6.45, 7) is 0. The smallest absolute Gasteiger partial charge is 0.148 e. The maximum absolute atomic E-state index is 5.69. The largest absolute Gasteiger partial charge is 0.259 e. The van der Waals surface area contributed by atoms with Crippen LogP contribution >= 0.6 is 11.6 Å². The van der Waals surface area contributed by atoms with Gasteiger partial charge in [-0.15, -0.1) is 5.10 Å². The molecule has 0 aliphatic rings. The van der Waals surface area contributed by atoms with Crippen molar-refractivity contribution in [3.63, 3.8) is 0 Å². The lowest BCUT2D eigenvalue weighted by atomic mass is 10.3. The van der Waals surface area contributed by atoms with Crippen LogP contribution in [0.1, 0.15) is 0 Å². The van der Waals surface area contributed by atoms with Crippen molar-refractivity contribution in [1.29, 1.82) is 0 Å². The number of halogens is 1. The van der Waals surface area contributed by atoms with Gasteiger partial charge in [0, 0.05) is 7.05 Å². The van der Waals surface area contributed by atoms with Crippen molar-refractivity contribution in [3.8, 4) is 11.4 Å². The van der Waals surface area contributed by atoms with Crippen LogP contribution in [0.3, 0.4) is 0 Å². The number of nitrogens with zero attached hydrogens (tertiary/aromatic N) is 5. The molecule has 0 atom stereocenters. The van der Waals surface area contributed by atoms with Crippen molar-refractivity contribution in [2.45, 2.75) is 0 Å². The Morgan fingerprint density at radius 3 is 2.77 bits per heavy atom. The summed E-state index contributed by atoms with van der Waals surface area (Å²) in [5.41, 5.74) is 1.45. The Morgan fingerprint density at radius 2 is 2.15 bits per heavy atom. The minimum absolute atomic E-state index is 0.360. The van der Waals surface area contributed by atoms with Gasteiger partial charge in [-0.2, -0.15) is 0 Å². The molecule has 0 radical (unpaired) electrons. The Labute approximate surface area is 79.4 Å². The quantitative estimate of drug-likeness (QED) is 0.679. The van der Waals surface area contributed by atoms with E-state index >= 15 is 0 Å². The molecule has 0 aromatic carbocycles. The molecule has 13 heavy (non-hydrogen) atoms. The topological polar surface area (TPSA) is 56.5 Å². The Morgan fingerprint density at radius 1 is 1.31 bits per heavy atom. The third kappa shape index (κ3) is 1.50. The predicted molar refractivity (Wildman–Crippen MR) is 47.0 cm³/mol. The van der Waals surface area contributed by atoms with E-state index in [0.717, 1.165) is 5.69 Å². The van der Waals surface area contributed by atoms with Gasteiger partial charge in [0.25, 0.3) is 0 Å². The van der Waals surface area contributed by atoms with Crippen LogP contribution in [0.25, 0.3) is 11.4 Å². The van der Waals surface area contributed by atoms with Gasteiger partial charge in [-0.05, 0) is 0 Å². The highest BCUT2D eigenvalue weighted by atomic mass is 35.5. The highest BCUT2D eigenvalue weighted by Crippen LogP contribution is 2.14. The van der Waals surface area contributed by atoms with Gasteiger partial charge in [-0.1, -0.05) is 16.8 Å². The van der Waals surface area contributed by atoms with E-state index in [0.29, 0.717) is 10.8 Å². The van der Waals surface area contributed by atoms with Crippen LogP contribution in [-0.4, -0.2) is 25.0 Å². The van der Waals surface area contributed by atoms with Gasteiger partial charge in [0.1, 0.15) is 16.5 Å². The van der Waals surface area contributed by atoms with Crippen LogP contribution in [-0.2, 0) is 7.05 Å². The summed E-state index contributed by atoms with van der Waals surface area (Å²) in [4.78, 5) is 8.00. The van der Waals surface area contributed by atoms with E-state index in [-0.39, 0.29) is 0 Å². The standard InChI is InChI=1S/C7H6ClN5/c1-13-6(3-10-12-13)5-2-9-4-7(8)11-5/h2-4H,1H3. The lowest BCUT2D eigenvalue weighted by molar-refractivity contribution is 0.719. The van der Waals surface area contributed by atoms with E-state index in [2.05, 4.69) is 20.3 Å². The fraction of sp³-hybridized carbons (Fsp3) is 0.143. The van der Waals surface area contributed by atoms with Crippen LogP contribution in [0.15, 0.2) is 18.6 Å². The number of aryl methyl sites for hydroxylation is 1. The van der Waals surface area contributed by atoms with Gasteiger partial charge >= 0.3 is 0 Å². The highest BCUT2D eigenvalue weighted by Gasteiger charge is 2.05. The average Bonchev–Trinajstić information content (AvgIpc) is 2.51. The summed E-state index contributed by atoms with van der Waals surface area (Å²) >= 11 is 5.69. The first-order chi connectivity index (χ1) is 6.27. The highest BCUT2D eigenvalue weighted by molar-refractivity contribution is 6.29. The average molecular weight is 196 g/mol. The Hall–Kier alpha value is -1.49. The van der Waals surface area contributed by atoms with Gasteiger partial charge < -0.3 is 0 Å². The van der Waals surface area contributed by atoms with E-state index in [1.54, 1.807) is 24.1 Å². The van der Waals surface area contributed by atoms with Crippen LogP contribution in [0.4, 0.5) is 0 Å². The van der Waals surface area contributed by atoms with Crippen molar-refractivity contribution in [2.75, 3.05) is 0 Å². The Kier molecular flexibility index (Phi) is 1.94. The summed E-state index contributed by atoms with van der Waals surface area (Å²) in [7, 11) is 1.78. The van der Waals surface area contributed by atoms with Crippen LogP contribution < -0.4 is 0 Å². The number of hydrogen-bond acceptors (Lipinski definition) is 4. The molecule has 2 heterocycles. The molecule has 0 spiro atoms. The summed E-state index contributed by atoms with van der Waals surface area (Å²) in [5.74, 6) is 0. The molecule has 2 aromatic heterocycles. The molecule has 0 amide bonds. The zero-order valence-electron chi connectivity index (χ0n) is 6.85. The molecule has 0 saturated heterocycles. The van der Waals surface area contributed by atoms with Gasteiger partial charge in [0.15, 0.2) is 0 Å². The summed E-state index contributed by atoms with van der Waals surface area (Å²) < 4.78 is 1.61. The van der Waals surface area contributed by atoms with Crippen molar-refractivity contribution in [2.24, 2.45) is 7.05 Å². The minimum Gasteiger partial charge on any atom is -0.259 e. The van der Waals surface area contributed by atoms with Crippen LogP contribution in [0, 0.1) is 0 Å². The van der Waals surface area contributed by atoms with Gasteiger partial charge in [-0.3, -0.25) is 4.98 Å². The molecule has 66 valence electrons. The first-order valence-electron chi connectivity index (χ1n) is 3.60. The number of aromatic nitrogens is 5. The molecule has 0 bridgehead atoms. The van der Waals surface area contributed by atoms with Crippen LogP contribution in [0.5, 0.6) is 0 Å². The monoisotopic (exact) mass is 195 g/mol. The summed E-state index contributed by atoms with van der Waals surface area (Å²) in [6, 6.07) is 0. The fourth-order valence-electron chi connectivity index (χ4n) is 0.987. The molecule has 5 nitrogen and oxygen atoms in total. The molecule has 2 rings (SSSR count). The summed E-state index contributed by atoms with van der Waals surface area (Å²) in [6.07, 6.45) is 4.71. The lowest BCUT2D eigenvalue weighted by Gasteiger charge is -1.98. The van der Waals surface area contributed by atoms with E-state index in [1.165, 1.54) is 6.20 Å². The second kappa shape index (κ2) is 3.10. The van der Waals surface area contributed by atoms with Gasteiger partial charge in [0.05, 0.1) is 18.6 Å². The molecule has 0 saturated carbocycles. The third-order valence-corrected chi connectivity index (χ3v) is 1.76. The molecule has 0 aliphatic carbocycles. The van der Waals surface area contributed by atoms with Crippen LogP contribution in [0.2, 0.25) is 5.15 Å². The third-order valence-electron chi connectivity index (χ3n) is 1.58. The SMILES string of the molecule is Cn1nncc1-c1cncc(Cl)n1. The van der Waals surface area contributed by atoms with Gasteiger partial charge in [-0.25, -0.2) is 9.67 Å². The van der Waals surface area contributed by atoms with Gasteiger partial charge in [0.2, 0.25) is 0 Å². The van der Waals surface area contributed by atoms with Crippen molar-refractivity contribution < 1.29 is 0 Å². The number of rotatable bonds is 1. The first kappa shape index (κ1) is 8.12. The molecular formula is C7H6ClN5. The predicted octanol–water partition coefficient (Wildman–Crippen LogP) is 0.925. The second-order valence-corrected chi connectivity index (χ2v) is 2.86. The Bertz CT molecular complexity index is 424. The zero-order valence-corrected chi connectivity index (χ0v) is 7.60. The normalized spacial score (nSPS) is 10.3. The zero-order chi connectivity index (χ0) is 9.26. The Balaban J connectivity index is 2.53. The summed E-state index contributed by atoms with van der Waals surface area (Å²) in [5, 5.41) is 7.87. The maximum Gasteiger partial charge on any atom is 0.148 e. The van der Waals surface area contributed by atoms with E-state index in [1.807, 2.05) is 0 Å². The second-order valence-electron chi connectivity index (χ2n) is 2.47. The molecule has 0 fully saturated rings. The lowest BCUT2D eigenvalue weighted by Crippen LogP contribution is -1.96. The molecule has 0 aliphatic heterocycles. The molecular weight excluding hydrogens is 190 g/mol. The van der Waals surface area contributed by atoms with Crippen molar-refractivity contribution in [3.05, 3.63) is 23.7 Å². The van der Waals surface area contributed by atoms with E-state index < -0.39 is 0 Å². The molecule has 0 unspecified atom stereocenters. The first-order valence-corrected chi connectivity index (χ1v) is 3.98. The fourth-order valence-corrected chi connectivity index (χ4v) is 1.13. The van der Waals surface area contributed by atoms with Crippen molar-refractivity contribution in [1.82, 2.24) is 25.0 Å². The minimum atomic E-state index is 0.360. The van der Waals surface area contributed by atoms with E-state index in [4.69, 9.17) is 11.6 Å².